The van der Waals surface area contributed by atoms with Crippen LogP contribution in [0.2, 0.25) is 0 Å². The second kappa shape index (κ2) is 11.5. The average molecular weight is 485 g/mol. The van der Waals surface area contributed by atoms with Gasteiger partial charge in [-0.25, -0.2) is 0 Å². The van der Waals surface area contributed by atoms with Crippen molar-refractivity contribution in [3.63, 3.8) is 0 Å². The van der Waals surface area contributed by atoms with Gasteiger partial charge < -0.3 is 33.5 Å². The number of carbonyl (C=O) groups is 1. The summed E-state index contributed by atoms with van der Waals surface area (Å²) in [7, 11) is 6.46. The van der Waals surface area contributed by atoms with Crippen molar-refractivity contribution in [3.05, 3.63) is 41.5 Å². The second-order valence-electron chi connectivity index (χ2n) is 9.04. The highest BCUT2D eigenvalue weighted by Crippen LogP contribution is 2.34. The van der Waals surface area contributed by atoms with Crippen LogP contribution in [-0.2, 0) is 6.42 Å². The van der Waals surface area contributed by atoms with Gasteiger partial charge in [-0.2, -0.15) is 0 Å². The number of benzene rings is 2. The number of rotatable bonds is 11. The number of likely N-dealkylation sites (tertiary alicyclic amines) is 1. The maximum absolute atomic E-state index is 13.2. The predicted molar refractivity (Wildman–Crippen MR) is 133 cm³/mol. The second-order valence-corrected chi connectivity index (χ2v) is 9.04. The van der Waals surface area contributed by atoms with E-state index in [1.54, 1.807) is 28.4 Å². The molecule has 0 radical (unpaired) electrons. The maximum Gasteiger partial charge on any atom is 0.254 e. The van der Waals surface area contributed by atoms with E-state index in [1.165, 1.54) is 0 Å². The molecule has 0 N–H and O–H groups in total. The van der Waals surface area contributed by atoms with E-state index in [9.17, 15) is 4.79 Å². The minimum Gasteiger partial charge on any atom is -0.493 e. The third-order valence-electron chi connectivity index (χ3n) is 6.87. The van der Waals surface area contributed by atoms with Gasteiger partial charge >= 0.3 is 0 Å². The fourth-order valence-corrected chi connectivity index (χ4v) is 4.99. The molecule has 0 aromatic heterocycles. The molecule has 2 aromatic carbocycles. The molecule has 0 saturated carbocycles. The van der Waals surface area contributed by atoms with Gasteiger partial charge in [0.2, 0.25) is 0 Å². The lowest BCUT2D eigenvalue weighted by Crippen LogP contribution is -2.41. The Labute approximate surface area is 207 Å². The van der Waals surface area contributed by atoms with Gasteiger partial charge in [0.1, 0.15) is 5.75 Å². The number of ether oxygens (including phenoxy) is 5. The maximum atomic E-state index is 13.2. The molecule has 2 aromatic rings. The van der Waals surface area contributed by atoms with Crippen LogP contribution in [0, 0.1) is 5.92 Å². The van der Waals surface area contributed by atoms with E-state index in [0.717, 1.165) is 68.9 Å². The highest BCUT2D eigenvalue weighted by Gasteiger charge is 2.30. The van der Waals surface area contributed by atoms with Crippen LogP contribution in [0.3, 0.4) is 0 Å². The topological polar surface area (TPSA) is 69.7 Å². The molecule has 1 fully saturated rings. The van der Waals surface area contributed by atoms with Crippen LogP contribution in [0.25, 0.3) is 0 Å². The highest BCUT2D eigenvalue weighted by atomic mass is 16.5. The van der Waals surface area contributed by atoms with E-state index < -0.39 is 0 Å². The van der Waals surface area contributed by atoms with Gasteiger partial charge in [0.15, 0.2) is 23.0 Å². The summed E-state index contributed by atoms with van der Waals surface area (Å²) in [6, 6.07) is 9.36. The first-order valence-corrected chi connectivity index (χ1v) is 12.2. The molecule has 2 heterocycles. The standard InChI is InChI=1S/C27H36N2O6/c1-31-23-7-6-21(15-25(23)33-3)35-13-5-10-28-11-8-19(17-28)18-29-12-9-20-14-24(32-2)26(34-4)16-22(20)27(29)30/h6-7,14-16,19H,5,8-13,17-18H2,1-4H3. The van der Waals surface area contributed by atoms with Crippen LogP contribution in [0.4, 0.5) is 0 Å². The van der Waals surface area contributed by atoms with Crippen LogP contribution in [0.1, 0.15) is 28.8 Å². The van der Waals surface area contributed by atoms with Gasteiger partial charge in [-0.05, 0) is 61.6 Å². The summed E-state index contributed by atoms with van der Waals surface area (Å²) < 4.78 is 27.3. The number of methoxy groups -OCH3 is 4. The monoisotopic (exact) mass is 484 g/mol. The molecule has 35 heavy (non-hydrogen) atoms. The van der Waals surface area contributed by atoms with E-state index in [4.69, 9.17) is 23.7 Å². The summed E-state index contributed by atoms with van der Waals surface area (Å²) in [4.78, 5) is 17.6. The number of carbonyl (C=O) groups excluding carboxylic acids is 1. The summed E-state index contributed by atoms with van der Waals surface area (Å²) in [6.45, 7) is 5.24. The summed E-state index contributed by atoms with van der Waals surface area (Å²) >= 11 is 0. The van der Waals surface area contributed by atoms with Gasteiger partial charge in [0.05, 0.1) is 35.0 Å². The summed E-state index contributed by atoms with van der Waals surface area (Å²) in [5.74, 6) is 4.00. The zero-order valence-electron chi connectivity index (χ0n) is 21.2. The Hall–Kier alpha value is -3.13. The van der Waals surface area contributed by atoms with Crippen LogP contribution in [-0.4, -0.2) is 83.5 Å². The molecule has 8 heteroatoms. The molecular formula is C27H36N2O6. The van der Waals surface area contributed by atoms with Crippen molar-refractivity contribution in [3.8, 4) is 28.7 Å². The smallest absolute Gasteiger partial charge is 0.254 e. The molecule has 8 nitrogen and oxygen atoms in total. The fourth-order valence-electron chi connectivity index (χ4n) is 4.99. The molecule has 1 amide bonds. The summed E-state index contributed by atoms with van der Waals surface area (Å²) in [5.41, 5.74) is 1.77. The molecule has 2 aliphatic rings. The molecule has 0 aliphatic carbocycles. The largest absolute Gasteiger partial charge is 0.493 e. The molecular weight excluding hydrogens is 448 g/mol. The molecule has 1 saturated heterocycles. The molecule has 0 bridgehead atoms. The Kier molecular flexibility index (Phi) is 8.23. The number of fused-ring (bicyclic) bond motifs is 1. The van der Waals surface area contributed by atoms with Crippen molar-refractivity contribution in [2.75, 3.05) is 67.8 Å². The van der Waals surface area contributed by atoms with Crippen molar-refractivity contribution in [2.24, 2.45) is 5.92 Å². The molecule has 1 atom stereocenters. The van der Waals surface area contributed by atoms with Crippen LogP contribution in [0.5, 0.6) is 28.7 Å². The lowest BCUT2D eigenvalue weighted by molar-refractivity contribution is 0.0712. The highest BCUT2D eigenvalue weighted by molar-refractivity contribution is 5.97. The summed E-state index contributed by atoms with van der Waals surface area (Å²) in [6.07, 6.45) is 2.89. The number of amides is 1. The van der Waals surface area contributed by atoms with Crippen molar-refractivity contribution in [1.29, 1.82) is 0 Å². The third kappa shape index (κ3) is 5.75. The SMILES string of the molecule is COc1ccc(OCCCN2CCC(CN3CCc4cc(OC)c(OC)cc4C3=O)C2)cc1OC. The first-order chi connectivity index (χ1) is 17.1. The van der Waals surface area contributed by atoms with Gasteiger partial charge in [0.25, 0.3) is 5.91 Å². The van der Waals surface area contributed by atoms with Crippen molar-refractivity contribution < 1.29 is 28.5 Å². The summed E-state index contributed by atoms with van der Waals surface area (Å²) in [5, 5.41) is 0. The van der Waals surface area contributed by atoms with E-state index in [1.807, 2.05) is 35.2 Å². The third-order valence-corrected chi connectivity index (χ3v) is 6.87. The number of nitrogens with zero attached hydrogens (tertiary/aromatic N) is 2. The molecule has 190 valence electrons. The van der Waals surface area contributed by atoms with Crippen LogP contribution < -0.4 is 23.7 Å². The quantitative estimate of drug-likeness (QED) is 0.452. The number of hydrogen-bond acceptors (Lipinski definition) is 7. The zero-order chi connectivity index (χ0) is 24.8. The minimum absolute atomic E-state index is 0.0916. The zero-order valence-corrected chi connectivity index (χ0v) is 21.2. The van der Waals surface area contributed by atoms with E-state index >= 15 is 0 Å². The van der Waals surface area contributed by atoms with Crippen molar-refractivity contribution in [1.82, 2.24) is 9.80 Å². The van der Waals surface area contributed by atoms with E-state index in [2.05, 4.69) is 4.90 Å². The van der Waals surface area contributed by atoms with Gasteiger partial charge in [-0.1, -0.05) is 0 Å². The normalized spacial score (nSPS) is 17.8. The van der Waals surface area contributed by atoms with Crippen molar-refractivity contribution >= 4 is 5.91 Å². The lowest BCUT2D eigenvalue weighted by Gasteiger charge is -2.31. The average Bonchev–Trinajstić information content (AvgIpc) is 3.34. The van der Waals surface area contributed by atoms with E-state index in [0.29, 0.717) is 35.5 Å². The molecule has 0 spiro atoms. The van der Waals surface area contributed by atoms with Gasteiger partial charge in [0, 0.05) is 37.8 Å². The first-order valence-electron chi connectivity index (χ1n) is 12.2. The van der Waals surface area contributed by atoms with E-state index in [-0.39, 0.29) is 5.91 Å². The Morgan fingerprint density at radius 1 is 0.886 bits per heavy atom. The minimum atomic E-state index is 0.0916. The Balaban J connectivity index is 1.23. The van der Waals surface area contributed by atoms with Crippen LogP contribution in [0.15, 0.2) is 30.3 Å². The molecule has 4 rings (SSSR count). The Morgan fingerprint density at radius 3 is 2.34 bits per heavy atom. The fraction of sp³-hybridized carbons (Fsp3) is 0.519. The Bertz CT molecular complexity index is 1030. The lowest BCUT2D eigenvalue weighted by atomic mass is 9.96. The number of hydrogen-bond donors (Lipinski definition) is 0. The molecule has 1 unspecified atom stereocenters. The predicted octanol–water partition coefficient (Wildman–Crippen LogP) is 3.51. The van der Waals surface area contributed by atoms with Crippen molar-refractivity contribution in [2.45, 2.75) is 19.3 Å². The van der Waals surface area contributed by atoms with Gasteiger partial charge in [-0.15, -0.1) is 0 Å². The first kappa shape index (κ1) is 25.0. The van der Waals surface area contributed by atoms with Gasteiger partial charge in [-0.3, -0.25) is 4.79 Å². The molecule has 2 aliphatic heterocycles. The van der Waals surface area contributed by atoms with Crippen LogP contribution >= 0.6 is 0 Å². The Morgan fingerprint density at radius 2 is 1.60 bits per heavy atom.